The molecule has 1 heterocycles. The molecule has 1 unspecified atom stereocenters. The second-order valence-electron chi connectivity index (χ2n) is 2.50. The molecule has 0 aromatic heterocycles. The van der Waals surface area contributed by atoms with E-state index in [1.807, 2.05) is 0 Å². The molecule has 1 aliphatic heterocycles. The van der Waals surface area contributed by atoms with E-state index < -0.39 is 12.3 Å². The standard InChI is InChI=1S/C8H12O4/c1-2-7(9)11-12-8-5-3-4-6-10-8/h2,8H,1,3-6H2. The van der Waals surface area contributed by atoms with E-state index in [9.17, 15) is 4.79 Å². The normalized spacial score (nSPS) is 23.2. The predicted octanol–water partition coefficient (Wildman–Crippen LogP) is 1.17. The van der Waals surface area contributed by atoms with Gasteiger partial charge in [-0.05, 0) is 12.8 Å². The first-order chi connectivity index (χ1) is 5.83. The zero-order chi connectivity index (χ0) is 8.81. The van der Waals surface area contributed by atoms with Crippen LogP contribution >= 0.6 is 0 Å². The van der Waals surface area contributed by atoms with E-state index in [-0.39, 0.29) is 0 Å². The fourth-order valence-electron chi connectivity index (χ4n) is 0.922. The topological polar surface area (TPSA) is 44.8 Å². The van der Waals surface area contributed by atoms with Gasteiger partial charge in [-0.15, -0.1) is 0 Å². The lowest BCUT2D eigenvalue weighted by molar-refractivity contribution is -0.355. The SMILES string of the molecule is C=CC(=O)OOC1CCCCO1. The molecule has 1 atom stereocenters. The molecule has 1 rings (SSSR count). The fourth-order valence-corrected chi connectivity index (χ4v) is 0.922. The van der Waals surface area contributed by atoms with E-state index in [4.69, 9.17) is 9.62 Å². The molecule has 1 aliphatic rings. The van der Waals surface area contributed by atoms with Crippen LogP contribution in [0.4, 0.5) is 0 Å². The van der Waals surface area contributed by atoms with E-state index in [0.717, 1.165) is 25.3 Å². The molecule has 12 heavy (non-hydrogen) atoms. The monoisotopic (exact) mass is 172 g/mol. The van der Waals surface area contributed by atoms with Crippen molar-refractivity contribution in [2.75, 3.05) is 6.61 Å². The molecule has 1 saturated heterocycles. The number of ether oxygens (including phenoxy) is 1. The molecule has 0 spiro atoms. The highest BCUT2D eigenvalue weighted by Crippen LogP contribution is 2.13. The highest BCUT2D eigenvalue weighted by molar-refractivity contribution is 5.80. The maximum atomic E-state index is 10.5. The predicted molar refractivity (Wildman–Crippen MR) is 41.0 cm³/mol. The van der Waals surface area contributed by atoms with Crippen molar-refractivity contribution >= 4 is 5.97 Å². The van der Waals surface area contributed by atoms with Crippen LogP contribution < -0.4 is 0 Å². The van der Waals surface area contributed by atoms with Gasteiger partial charge >= 0.3 is 5.97 Å². The van der Waals surface area contributed by atoms with Gasteiger partial charge in [0.25, 0.3) is 0 Å². The second-order valence-corrected chi connectivity index (χ2v) is 2.50. The highest BCUT2D eigenvalue weighted by atomic mass is 17.2. The van der Waals surface area contributed by atoms with Gasteiger partial charge in [-0.3, -0.25) is 4.89 Å². The van der Waals surface area contributed by atoms with Gasteiger partial charge in [0, 0.05) is 19.1 Å². The van der Waals surface area contributed by atoms with E-state index in [2.05, 4.69) is 11.5 Å². The Bertz CT molecular complexity index is 160. The summed E-state index contributed by atoms with van der Waals surface area (Å²) in [6, 6.07) is 0. The Morgan fingerprint density at radius 3 is 3.00 bits per heavy atom. The van der Waals surface area contributed by atoms with E-state index in [1.165, 1.54) is 0 Å². The Labute approximate surface area is 71.0 Å². The van der Waals surface area contributed by atoms with Gasteiger partial charge in [0.1, 0.15) is 0 Å². The first-order valence-corrected chi connectivity index (χ1v) is 3.94. The molecule has 0 amide bonds. The fraction of sp³-hybridized carbons (Fsp3) is 0.625. The van der Waals surface area contributed by atoms with Crippen LogP contribution in [0.5, 0.6) is 0 Å². The summed E-state index contributed by atoms with van der Waals surface area (Å²) in [4.78, 5) is 19.6. The number of rotatable bonds is 3. The molecule has 0 radical (unpaired) electrons. The van der Waals surface area contributed by atoms with Crippen LogP contribution in [0, 0.1) is 0 Å². The van der Waals surface area contributed by atoms with Gasteiger partial charge in [0.05, 0.1) is 0 Å². The summed E-state index contributed by atoms with van der Waals surface area (Å²) in [6.45, 7) is 3.89. The third kappa shape index (κ3) is 3.02. The summed E-state index contributed by atoms with van der Waals surface area (Å²) in [5.74, 6) is -0.593. The third-order valence-electron chi connectivity index (χ3n) is 1.54. The molecule has 0 aliphatic carbocycles. The maximum absolute atomic E-state index is 10.5. The van der Waals surface area contributed by atoms with Crippen molar-refractivity contribution in [1.82, 2.24) is 0 Å². The van der Waals surface area contributed by atoms with Gasteiger partial charge in [-0.1, -0.05) is 6.58 Å². The maximum Gasteiger partial charge on any atom is 0.365 e. The number of hydrogen-bond acceptors (Lipinski definition) is 4. The number of hydrogen-bond donors (Lipinski definition) is 0. The molecule has 0 aromatic rings. The molecule has 0 bridgehead atoms. The van der Waals surface area contributed by atoms with E-state index in [0.29, 0.717) is 6.61 Å². The average molecular weight is 172 g/mol. The van der Waals surface area contributed by atoms with Crippen LogP contribution in [-0.4, -0.2) is 18.9 Å². The summed E-state index contributed by atoms with van der Waals surface area (Å²) in [7, 11) is 0. The Balaban J connectivity index is 2.12. The number of carbonyl (C=O) groups excluding carboxylic acids is 1. The van der Waals surface area contributed by atoms with Crippen molar-refractivity contribution < 1.29 is 19.3 Å². The van der Waals surface area contributed by atoms with Gasteiger partial charge in [-0.25, -0.2) is 4.79 Å². The van der Waals surface area contributed by atoms with Crippen LogP contribution in [0.2, 0.25) is 0 Å². The largest absolute Gasteiger partial charge is 0.365 e. The number of carbonyl (C=O) groups is 1. The Kier molecular flexibility index (Phi) is 3.76. The molecular formula is C8H12O4. The van der Waals surface area contributed by atoms with Crippen molar-refractivity contribution in [1.29, 1.82) is 0 Å². The minimum atomic E-state index is -0.593. The second kappa shape index (κ2) is 4.90. The van der Waals surface area contributed by atoms with Gasteiger partial charge in [0.2, 0.25) is 6.29 Å². The van der Waals surface area contributed by atoms with E-state index in [1.54, 1.807) is 0 Å². The van der Waals surface area contributed by atoms with Crippen molar-refractivity contribution in [3.63, 3.8) is 0 Å². The summed E-state index contributed by atoms with van der Waals surface area (Å²) in [5, 5.41) is 0. The van der Waals surface area contributed by atoms with Crippen LogP contribution in [0.3, 0.4) is 0 Å². The first kappa shape index (κ1) is 9.22. The lowest BCUT2D eigenvalue weighted by Gasteiger charge is -2.20. The third-order valence-corrected chi connectivity index (χ3v) is 1.54. The van der Waals surface area contributed by atoms with Crippen molar-refractivity contribution in [3.8, 4) is 0 Å². The quantitative estimate of drug-likeness (QED) is 0.364. The average Bonchev–Trinajstić information content (AvgIpc) is 2.16. The zero-order valence-electron chi connectivity index (χ0n) is 6.82. The van der Waals surface area contributed by atoms with E-state index >= 15 is 0 Å². The summed E-state index contributed by atoms with van der Waals surface area (Å²) < 4.78 is 5.14. The lowest BCUT2D eigenvalue weighted by atomic mass is 10.2. The van der Waals surface area contributed by atoms with Crippen molar-refractivity contribution in [3.05, 3.63) is 12.7 Å². The minimum absolute atomic E-state index is 0.400. The zero-order valence-corrected chi connectivity index (χ0v) is 6.82. The molecule has 0 saturated carbocycles. The molecular weight excluding hydrogens is 160 g/mol. The van der Waals surface area contributed by atoms with Crippen molar-refractivity contribution in [2.24, 2.45) is 0 Å². The van der Waals surface area contributed by atoms with Gasteiger partial charge in [0.15, 0.2) is 0 Å². The van der Waals surface area contributed by atoms with Crippen LogP contribution in [-0.2, 0) is 19.3 Å². The summed E-state index contributed by atoms with van der Waals surface area (Å²) >= 11 is 0. The molecule has 1 fully saturated rings. The minimum Gasteiger partial charge on any atom is -0.349 e. The van der Waals surface area contributed by atoms with Crippen LogP contribution in [0.25, 0.3) is 0 Å². The molecule has 4 nitrogen and oxygen atoms in total. The summed E-state index contributed by atoms with van der Waals surface area (Å²) in [5.41, 5.74) is 0. The molecule has 4 heteroatoms. The van der Waals surface area contributed by atoms with Crippen LogP contribution in [0.1, 0.15) is 19.3 Å². The lowest BCUT2D eigenvalue weighted by Crippen LogP contribution is -2.23. The highest BCUT2D eigenvalue weighted by Gasteiger charge is 2.16. The smallest absolute Gasteiger partial charge is 0.349 e. The molecule has 68 valence electrons. The van der Waals surface area contributed by atoms with Gasteiger partial charge in [-0.2, -0.15) is 4.89 Å². The van der Waals surface area contributed by atoms with Gasteiger partial charge < -0.3 is 4.74 Å². The van der Waals surface area contributed by atoms with Crippen molar-refractivity contribution in [2.45, 2.75) is 25.6 Å². The Hall–Kier alpha value is -0.870. The summed E-state index contributed by atoms with van der Waals surface area (Å²) in [6.07, 6.45) is 3.49. The van der Waals surface area contributed by atoms with Crippen LogP contribution in [0.15, 0.2) is 12.7 Å². The Morgan fingerprint density at radius 2 is 2.42 bits per heavy atom. The first-order valence-electron chi connectivity index (χ1n) is 3.94. The molecule has 0 aromatic carbocycles. The molecule has 0 N–H and O–H groups in total. The Morgan fingerprint density at radius 1 is 1.58 bits per heavy atom.